The lowest BCUT2D eigenvalue weighted by molar-refractivity contribution is -0.132. The lowest BCUT2D eigenvalue weighted by Crippen LogP contribution is -2.17. The topological polar surface area (TPSA) is 52.6 Å². The average molecular weight is 302 g/mol. The number of rotatable bonds is 4. The van der Waals surface area contributed by atoms with E-state index in [0.29, 0.717) is 24.9 Å². The largest absolute Gasteiger partial charge is 0.460 e. The second-order valence-electron chi connectivity index (χ2n) is 4.21. The smallest absolute Gasteiger partial charge is 0.338 e. The lowest BCUT2D eigenvalue weighted by atomic mass is 10.2. The van der Waals surface area contributed by atoms with E-state index in [1.807, 2.05) is 19.9 Å². The first kappa shape index (κ1) is 19.5. The molecule has 4 heteroatoms. The summed E-state index contributed by atoms with van der Waals surface area (Å²) < 4.78 is 10.2. The summed E-state index contributed by atoms with van der Waals surface area (Å²) in [7, 11) is 0. The monoisotopic (exact) mass is 302 g/mol. The Morgan fingerprint density at radius 2 is 1.86 bits per heavy atom. The van der Waals surface area contributed by atoms with E-state index in [2.05, 4.69) is 19.4 Å². The van der Waals surface area contributed by atoms with Gasteiger partial charge in [-0.2, -0.15) is 0 Å². The number of hydrogen-bond acceptors (Lipinski definition) is 4. The van der Waals surface area contributed by atoms with E-state index < -0.39 is 0 Å². The van der Waals surface area contributed by atoms with E-state index in [9.17, 15) is 9.59 Å². The fourth-order valence-electron chi connectivity index (χ4n) is 2.01. The number of ether oxygens (including phenoxy) is 2. The van der Waals surface area contributed by atoms with Gasteiger partial charge in [-0.15, -0.1) is 12.8 Å². The number of carbonyl (C=O) groups is 2. The molecule has 0 heterocycles. The molecule has 0 radical (unpaired) electrons. The van der Waals surface area contributed by atoms with Crippen LogP contribution in [-0.4, -0.2) is 24.6 Å². The van der Waals surface area contributed by atoms with Gasteiger partial charge in [-0.25, -0.2) is 4.79 Å². The minimum atomic E-state index is -0.361. The van der Waals surface area contributed by atoms with Gasteiger partial charge in [-0.05, 0) is 17.7 Å². The minimum absolute atomic E-state index is 0.268. The predicted octanol–water partition coefficient (Wildman–Crippen LogP) is 3.38. The van der Waals surface area contributed by atoms with E-state index in [1.54, 1.807) is 24.3 Å². The van der Waals surface area contributed by atoms with Crippen molar-refractivity contribution in [1.82, 2.24) is 0 Å². The van der Waals surface area contributed by atoms with Crippen molar-refractivity contribution in [1.29, 1.82) is 0 Å². The highest BCUT2D eigenvalue weighted by molar-refractivity contribution is 5.89. The van der Waals surface area contributed by atoms with Crippen LogP contribution in [0.2, 0.25) is 0 Å². The zero-order chi connectivity index (χ0) is 17.0. The summed E-state index contributed by atoms with van der Waals surface area (Å²) in [4.78, 5) is 22.1. The summed E-state index contributed by atoms with van der Waals surface area (Å²) in [5.41, 5.74) is 1.30. The van der Waals surface area contributed by atoms with Crippen LogP contribution in [0, 0.1) is 12.8 Å². The summed E-state index contributed by atoms with van der Waals surface area (Å²) in [5.74, 6) is -0.361. The Kier molecular flexibility index (Phi) is 9.87. The Labute approximate surface area is 132 Å². The van der Waals surface area contributed by atoms with Crippen LogP contribution in [0.1, 0.15) is 37.0 Å². The molecular weight excluding hydrogens is 280 g/mol. The molecule has 1 fully saturated rings. The Bertz CT molecular complexity index is 490. The highest BCUT2D eigenvalue weighted by Crippen LogP contribution is 2.29. The minimum Gasteiger partial charge on any atom is -0.460 e. The second kappa shape index (κ2) is 11.2. The van der Waals surface area contributed by atoms with Crippen LogP contribution in [0.3, 0.4) is 0 Å². The normalized spacial score (nSPS) is 18.8. The summed E-state index contributed by atoms with van der Waals surface area (Å²) in [5, 5.41) is 0. The molecule has 22 heavy (non-hydrogen) atoms. The highest BCUT2D eigenvalue weighted by Gasteiger charge is 2.32. The van der Waals surface area contributed by atoms with Crippen LogP contribution in [-0.2, 0) is 14.3 Å². The first-order valence-electron chi connectivity index (χ1n) is 7.07. The zero-order valence-corrected chi connectivity index (χ0v) is 13.0. The molecule has 118 valence electrons. The first-order valence-corrected chi connectivity index (χ1v) is 7.07. The van der Waals surface area contributed by atoms with E-state index >= 15 is 0 Å². The third-order valence-corrected chi connectivity index (χ3v) is 2.93. The Balaban J connectivity index is 0.00000102. The molecule has 0 amide bonds. The molecule has 0 unspecified atom stereocenters. The lowest BCUT2D eigenvalue weighted by Gasteiger charge is -2.11. The van der Waals surface area contributed by atoms with Crippen molar-refractivity contribution in [2.24, 2.45) is 0 Å². The SMILES string of the molecule is C#C.C=C1C[C@@H](OC(=O)c2ccccc2)C[C@H]1OC=O.CC. The maximum atomic E-state index is 11.8. The molecule has 1 aliphatic carbocycles. The van der Waals surface area contributed by atoms with Crippen LogP contribution in [0.4, 0.5) is 0 Å². The van der Waals surface area contributed by atoms with Gasteiger partial charge in [0.05, 0.1) is 5.56 Å². The number of esters is 1. The van der Waals surface area contributed by atoms with Crippen LogP contribution in [0.15, 0.2) is 42.5 Å². The van der Waals surface area contributed by atoms with E-state index in [1.165, 1.54) is 0 Å². The van der Waals surface area contributed by atoms with E-state index in [4.69, 9.17) is 9.47 Å². The molecule has 1 aliphatic rings. The molecule has 0 aromatic heterocycles. The quantitative estimate of drug-likeness (QED) is 0.370. The van der Waals surface area contributed by atoms with Crippen LogP contribution in [0.5, 0.6) is 0 Å². The standard InChI is InChI=1S/C14H14O4.C2H6.C2H2/c1-10-7-12(8-13(10)17-9-15)18-14(16)11-5-3-2-4-6-11;2*1-2/h2-6,9,12-13H,1,7-8H2;1-2H3;1-2H/t12-,13-;;/m1../s1. The Hall–Kier alpha value is -2.54. The van der Waals surface area contributed by atoms with Crippen molar-refractivity contribution >= 4 is 12.4 Å². The van der Waals surface area contributed by atoms with Gasteiger partial charge < -0.3 is 9.47 Å². The predicted molar refractivity (Wildman–Crippen MR) is 86.2 cm³/mol. The molecule has 2 atom stereocenters. The third kappa shape index (κ3) is 5.84. The molecule has 1 aromatic carbocycles. The summed E-state index contributed by atoms with van der Waals surface area (Å²) in [6.45, 7) is 8.21. The molecule has 2 rings (SSSR count). The molecule has 4 nitrogen and oxygen atoms in total. The van der Waals surface area contributed by atoms with Gasteiger partial charge in [0, 0.05) is 12.8 Å². The van der Waals surface area contributed by atoms with Crippen molar-refractivity contribution < 1.29 is 19.1 Å². The summed E-state index contributed by atoms with van der Waals surface area (Å²) >= 11 is 0. The van der Waals surface area contributed by atoms with Gasteiger partial charge in [0.2, 0.25) is 0 Å². The third-order valence-electron chi connectivity index (χ3n) is 2.93. The molecular formula is C18H22O4. The molecule has 1 saturated carbocycles. The van der Waals surface area contributed by atoms with Gasteiger partial charge in [0.15, 0.2) is 0 Å². The van der Waals surface area contributed by atoms with Gasteiger partial charge in [0.1, 0.15) is 12.2 Å². The van der Waals surface area contributed by atoms with Crippen LogP contribution in [0.25, 0.3) is 0 Å². The number of benzene rings is 1. The molecule has 0 saturated heterocycles. The van der Waals surface area contributed by atoms with Gasteiger partial charge in [-0.1, -0.05) is 38.6 Å². The molecule has 0 bridgehead atoms. The van der Waals surface area contributed by atoms with Gasteiger partial charge >= 0.3 is 5.97 Å². The highest BCUT2D eigenvalue weighted by atomic mass is 16.6. The van der Waals surface area contributed by atoms with Gasteiger partial charge in [0.25, 0.3) is 6.47 Å². The number of carbonyl (C=O) groups excluding carboxylic acids is 2. The fraction of sp³-hybridized carbons (Fsp3) is 0.333. The van der Waals surface area contributed by atoms with E-state index in [-0.39, 0.29) is 18.2 Å². The van der Waals surface area contributed by atoms with Crippen molar-refractivity contribution in [2.75, 3.05) is 0 Å². The van der Waals surface area contributed by atoms with Gasteiger partial charge in [-0.3, -0.25) is 4.79 Å². The second-order valence-corrected chi connectivity index (χ2v) is 4.21. The Morgan fingerprint density at radius 3 is 2.41 bits per heavy atom. The van der Waals surface area contributed by atoms with Crippen LogP contribution < -0.4 is 0 Å². The zero-order valence-electron chi connectivity index (χ0n) is 13.0. The number of hydrogen-bond donors (Lipinski definition) is 0. The average Bonchev–Trinajstić information content (AvgIpc) is 2.92. The summed E-state index contributed by atoms with van der Waals surface area (Å²) in [6.07, 6.45) is 8.42. The van der Waals surface area contributed by atoms with Crippen molar-refractivity contribution in [3.05, 3.63) is 48.0 Å². The van der Waals surface area contributed by atoms with E-state index in [0.717, 1.165) is 5.57 Å². The Morgan fingerprint density at radius 1 is 1.27 bits per heavy atom. The fourth-order valence-corrected chi connectivity index (χ4v) is 2.01. The van der Waals surface area contributed by atoms with Crippen LogP contribution >= 0.6 is 0 Å². The van der Waals surface area contributed by atoms with Crippen molar-refractivity contribution in [2.45, 2.75) is 38.9 Å². The van der Waals surface area contributed by atoms with Crippen molar-refractivity contribution in [3.63, 3.8) is 0 Å². The maximum Gasteiger partial charge on any atom is 0.338 e. The summed E-state index contributed by atoms with van der Waals surface area (Å²) in [6, 6.07) is 8.80. The van der Waals surface area contributed by atoms with Crippen molar-refractivity contribution in [3.8, 4) is 12.8 Å². The first-order chi connectivity index (χ1) is 10.7. The molecule has 0 spiro atoms. The number of terminal acetylenes is 1. The molecule has 1 aromatic rings. The molecule has 0 aliphatic heterocycles. The molecule has 0 N–H and O–H groups in total. The maximum absolute atomic E-state index is 11.8.